The molecule has 1 aliphatic heterocycles. The SMILES string of the molecule is COCCOC1CCN(c2ncc(C#N)c(N)n2)CC1. The third-order valence-electron chi connectivity index (χ3n) is 3.29. The topological polar surface area (TPSA) is 97.3 Å². The van der Waals surface area contributed by atoms with E-state index in [-0.39, 0.29) is 11.9 Å². The Bertz CT molecular complexity index is 480. The molecule has 7 heteroatoms. The highest BCUT2D eigenvalue weighted by molar-refractivity contribution is 5.50. The fraction of sp³-hybridized carbons (Fsp3) is 0.615. The summed E-state index contributed by atoms with van der Waals surface area (Å²) in [6.07, 6.45) is 3.58. The Balaban J connectivity index is 1.87. The molecule has 1 fully saturated rings. The normalized spacial score (nSPS) is 16.1. The first-order valence-corrected chi connectivity index (χ1v) is 6.62. The Morgan fingerprint density at radius 1 is 1.45 bits per heavy atom. The van der Waals surface area contributed by atoms with E-state index in [1.54, 1.807) is 7.11 Å². The minimum absolute atomic E-state index is 0.232. The molecule has 2 N–H and O–H groups in total. The van der Waals surface area contributed by atoms with Crippen molar-refractivity contribution >= 4 is 11.8 Å². The number of nitriles is 1. The number of hydrogen-bond donors (Lipinski definition) is 1. The van der Waals surface area contributed by atoms with E-state index in [0.717, 1.165) is 25.9 Å². The molecule has 20 heavy (non-hydrogen) atoms. The molecular formula is C13H19N5O2. The van der Waals surface area contributed by atoms with Crippen molar-refractivity contribution in [3.05, 3.63) is 11.8 Å². The van der Waals surface area contributed by atoms with Gasteiger partial charge >= 0.3 is 0 Å². The van der Waals surface area contributed by atoms with Gasteiger partial charge in [-0.3, -0.25) is 0 Å². The molecule has 0 saturated carbocycles. The molecule has 0 unspecified atom stereocenters. The Labute approximate surface area is 118 Å². The molecule has 108 valence electrons. The summed E-state index contributed by atoms with van der Waals surface area (Å²) < 4.78 is 10.7. The molecule has 1 aromatic heterocycles. The van der Waals surface area contributed by atoms with Gasteiger partial charge in [0.2, 0.25) is 5.95 Å². The first-order valence-electron chi connectivity index (χ1n) is 6.62. The van der Waals surface area contributed by atoms with Crippen molar-refractivity contribution in [1.29, 1.82) is 5.26 Å². The number of ether oxygens (including phenoxy) is 2. The third kappa shape index (κ3) is 3.56. The fourth-order valence-corrected chi connectivity index (χ4v) is 2.14. The van der Waals surface area contributed by atoms with Crippen molar-refractivity contribution in [1.82, 2.24) is 9.97 Å². The number of aromatic nitrogens is 2. The zero-order valence-electron chi connectivity index (χ0n) is 11.6. The van der Waals surface area contributed by atoms with Crippen LogP contribution in [0.2, 0.25) is 0 Å². The van der Waals surface area contributed by atoms with Gasteiger partial charge in [0.15, 0.2) is 0 Å². The summed E-state index contributed by atoms with van der Waals surface area (Å²) in [4.78, 5) is 10.4. The molecule has 0 aliphatic carbocycles. The number of piperidine rings is 1. The molecular weight excluding hydrogens is 258 g/mol. The second kappa shape index (κ2) is 7.03. The van der Waals surface area contributed by atoms with Crippen LogP contribution in [0.1, 0.15) is 18.4 Å². The van der Waals surface area contributed by atoms with Gasteiger partial charge in [0.25, 0.3) is 0 Å². The van der Waals surface area contributed by atoms with Crippen LogP contribution in [0.15, 0.2) is 6.20 Å². The first-order chi connectivity index (χ1) is 9.74. The second-order valence-electron chi connectivity index (χ2n) is 4.63. The Hall–Kier alpha value is -1.91. The average molecular weight is 277 g/mol. The summed E-state index contributed by atoms with van der Waals surface area (Å²) in [5.74, 6) is 0.813. The van der Waals surface area contributed by atoms with Gasteiger partial charge in [0, 0.05) is 20.2 Å². The summed E-state index contributed by atoms with van der Waals surface area (Å²) in [7, 11) is 1.67. The van der Waals surface area contributed by atoms with Gasteiger partial charge in [0.05, 0.1) is 25.5 Å². The van der Waals surface area contributed by atoms with Gasteiger partial charge in [-0.2, -0.15) is 10.2 Å². The number of hydrogen-bond acceptors (Lipinski definition) is 7. The molecule has 0 aromatic carbocycles. The van der Waals surface area contributed by atoms with Gasteiger partial charge in [0.1, 0.15) is 17.5 Å². The van der Waals surface area contributed by atoms with Crippen molar-refractivity contribution in [3.8, 4) is 6.07 Å². The van der Waals surface area contributed by atoms with Crippen LogP contribution in [-0.4, -0.2) is 49.5 Å². The first kappa shape index (κ1) is 14.5. The lowest BCUT2D eigenvalue weighted by molar-refractivity contribution is 0.00598. The van der Waals surface area contributed by atoms with E-state index in [1.807, 2.05) is 6.07 Å². The molecule has 0 atom stereocenters. The lowest BCUT2D eigenvalue weighted by Crippen LogP contribution is -2.38. The molecule has 1 saturated heterocycles. The monoisotopic (exact) mass is 277 g/mol. The maximum atomic E-state index is 8.81. The van der Waals surface area contributed by atoms with Gasteiger partial charge in [-0.1, -0.05) is 0 Å². The number of nitrogens with two attached hydrogens (primary N) is 1. The number of nitrogen functional groups attached to an aromatic ring is 1. The fourth-order valence-electron chi connectivity index (χ4n) is 2.14. The number of methoxy groups -OCH3 is 1. The Morgan fingerprint density at radius 3 is 2.80 bits per heavy atom. The smallest absolute Gasteiger partial charge is 0.227 e. The van der Waals surface area contributed by atoms with Crippen molar-refractivity contribution in [2.24, 2.45) is 0 Å². The Morgan fingerprint density at radius 2 is 2.20 bits per heavy atom. The molecule has 0 bridgehead atoms. The van der Waals surface area contributed by atoms with E-state index in [1.165, 1.54) is 6.20 Å². The summed E-state index contributed by atoms with van der Waals surface area (Å²) in [5, 5.41) is 8.81. The predicted molar refractivity (Wildman–Crippen MR) is 74.2 cm³/mol. The second-order valence-corrected chi connectivity index (χ2v) is 4.63. The summed E-state index contributed by atoms with van der Waals surface area (Å²) in [6, 6.07) is 1.96. The van der Waals surface area contributed by atoms with Crippen molar-refractivity contribution in [3.63, 3.8) is 0 Å². The van der Waals surface area contributed by atoms with Crippen LogP contribution in [-0.2, 0) is 9.47 Å². The molecule has 2 heterocycles. The van der Waals surface area contributed by atoms with E-state index in [2.05, 4.69) is 14.9 Å². The molecule has 2 rings (SSSR count). The van der Waals surface area contributed by atoms with Gasteiger partial charge in [-0.25, -0.2) is 4.98 Å². The van der Waals surface area contributed by atoms with E-state index in [9.17, 15) is 0 Å². The van der Waals surface area contributed by atoms with Crippen LogP contribution in [0.5, 0.6) is 0 Å². The van der Waals surface area contributed by atoms with Crippen molar-refractivity contribution in [2.45, 2.75) is 18.9 Å². The third-order valence-corrected chi connectivity index (χ3v) is 3.29. The number of rotatable bonds is 5. The van der Waals surface area contributed by atoms with Crippen LogP contribution in [0.3, 0.4) is 0 Å². The number of nitrogens with zero attached hydrogens (tertiary/aromatic N) is 4. The van der Waals surface area contributed by atoms with Crippen molar-refractivity contribution in [2.75, 3.05) is 44.0 Å². The maximum Gasteiger partial charge on any atom is 0.227 e. The minimum Gasteiger partial charge on any atom is -0.382 e. The highest BCUT2D eigenvalue weighted by atomic mass is 16.5. The van der Waals surface area contributed by atoms with Gasteiger partial charge < -0.3 is 20.1 Å². The molecule has 0 radical (unpaired) electrons. The van der Waals surface area contributed by atoms with Crippen LogP contribution in [0.4, 0.5) is 11.8 Å². The zero-order valence-corrected chi connectivity index (χ0v) is 11.6. The Kier molecular flexibility index (Phi) is 5.09. The standard InChI is InChI=1S/C13H19N5O2/c1-19-6-7-20-11-2-4-18(5-3-11)13-16-9-10(8-14)12(15)17-13/h9,11H,2-7H2,1H3,(H2,15,16,17). The predicted octanol–water partition coefficient (Wildman–Crippen LogP) is 0.562. The van der Waals surface area contributed by atoms with E-state index in [0.29, 0.717) is 24.7 Å². The van der Waals surface area contributed by atoms with Crippen LogP contribution >= 0.6 is 0 Å². The molecule has 1 aliphatic rings. The van der Waals surface area contributed by atoms with Gasteiger partial charge in [-0.05, 0) is 12.8 Å². The van der Waals surface area contributed by atoms with Crippen LogP contribution < -0.4 is 10.6 Å². The minimum atomic E-state index is 0.232. The lowest BCUT2D eigenvalue weighted by Gasteiger charge is -2.31. The van der Waals surface area contributed by atoms with E-state index < -0.39 is 0 Å². The zero-order chi connectivity index (χ0) is 14.4. The lowest BCUT2D eigenvalue weighted by atomic mass is 10.1. The van der Waals surface area contributed by atoms with Crippen LogP contribution in [0.25, 0.3) is 0 Å². The number of anilines is 2. The summed E-state index contributed by atoms with van der Waals surface area (Å²) in [5.41, 5.74) is 6.02. The summed E-state index contributed by atoms with van der Waals surface area (Å²) >= 11 is 0. The highest BCUT2D eigenvalue weighted by Gasteiger charge is 2.21. The molecule has 1 aromatic rings. The van der Waals surface area contributed by atoms with E-state index in [4.69, 9.17) is 20.5 Å². The summed E-state index contributed by atoms with van der Waals surface area (Å²) in [6.45, 7) is 2.89. The molecule has 0 spiro atoms. The van der Waals surface area contributed by atoms with E-state index >= 15 is 0 Å². The van der Waals surface area contributed by atoms with Crippen LogP contribution in [0, 0.1) is 11.3 Å². The maximum absolute atomic E-state index is 8.81. The van der Waals surface area contributed by atoms with Gasteiger partial charge in [-0.15, -0.1) is 0 Å². The molecule has 0 amide bonds. The molecule has 7 nitrogen and oxygen atoms in total. The quantitative estimate of drug-likeness (QED) is 0.785. The highest BCUT2D eigenvalue weighted by Crippen LogP contribution is 2.19. The largest absolute Gasteiger partial charge is 0.382 e. The van der Waals surface area contributed by atoms with Crippen molar-refractivity contribution < 1.29 is 9.47 Å². The average Bonchev–Trinajstić information content (AvgIpc) is 2.48.